The van der Waals surface area contributed by atoms with E-state index in [-0.39, 0.29) is 23.9 Å². The lowest BCUT2D eigenvalue weighted by atomic mass is 9.85. The molecule has 0 aliphatic heterocycles. The molecule has 7 heteroatoms. The molecule has 0 bridgehead atoms. The maximum atomic E-state index is 10.7. The Labute approximate surface area is 125 Å². The first kappa shape index (κ1) is 15.2. The van der Waals surface area contributed by atoms with Gasteiger partial charge in [-0.25, -0.2) is 0 Å². The molecule has 1 aliphatic rings. The number of anilines is 1. The van der Waals surface area contributed by atoms with Crippen molar-refractivity contribution in [3.05, 3.63) is 32.8 Å². The number of methoxy groups -OCH3 is 1. The van der Waals surface area contributed by atoms with Crippen molar-refractivity contribution in [2.75, 3.05) is 19.0 Å². The second-order valence-corrected chi connectivity index (χ2v) is 5.46. The minimum atomic E-state index is -0.416. The Hall–Kier alpha value is -1.18. The van der Waals surface area contributed by atoms with Crippen LogP contribution in [0.1, 0.15) is 13.3 Å². The molecule has 1 saturated carbocycles. The van der Waals surface area contributed by atoms with Crippen molar-refractivity contribution in [2.24, 2.45) is 0 Å². The Morgan fingerprint density at radius 1 is 1.55 bits per heavy atom. The van der Waals surface area contributed by atoms with Gasteiger partial charge in [-0.2, -0.15) is 0 Å². The molecular formula is C13H17BrN2O4. The highest BCUT2D eigenvalue weighted by Gasteiger charge is 2.42. The van der Waals surface area contributed by atoms with Crippen molar-refractivity contribution in [1.82, 2.24) is 0 Å². The lowest BCUT2D eigenvalue weighted by Crippen LogP contribution is -2.56. The Morgan fingerprint density at radius 2 is 2.30 bits per heavy atom. The van der Waals surface area contributed by atoms with Gasteiger partial charge in [-0.15, -0.1) is 0 Å². The molecule has 0 saturated heterocycles. The van der Waals surface area contributed by atoms with Crippen LogP contribution < -0.4 is 5.32 Å². The van der Waals surface area contributed by atoms with Crippen LogP contribution in [0, 0.1) is 10.1 Å². The first-order valence-electron chi connectivity index (χ1n) is 6.41. The van der Waals surface area contributed by atoms with E-state index in [1.165, 1.54) is 12.1 Å². The largest absolute Gasteiger partial charge is 0.379 e. The van der Waals surface area contributed by atoms with Gasteiger partial charge >= 0.3 is 0 Å². The van der Waals surface area contributed by atoms with Gasteiger partial charge in [-0.3, -0.25) is 10.1 Å². The molecular weight excluding hydrogens is 328 g/mol. The third-order valence-corrected chi connectivity index (χ3v) is 4.06. The number of nitrogens with zero attached hydrogens (tertiary/aromatic N) is 1. The summed E-state index contributed by atoms with van der Waals surface area (Å²) < 4.78 is 11.7. The molecule has 1 aromatic rings. The lowest BCUT2D eigenvalue weighted by molar-refractivity contribution is -0.384. The van der Waals surface area contributed by atoms with Gasteiger partial charge in [0.15, 0.2) is 0 Å². The average molecular weight is 345 g/mol. The zero-order valence-electron chi connectivity index (χ0n) is 11.3. The number of nitro benzene ring substituents is 1. The Balaban J connectivity index is 2.02. The van der Waals surface area contributed by atoms with Crippen LogP contribution >= 0.6 is 15.9 Å². The van der Waals surface area contributed by atoms with Gasteiger partial charge < -0.3 is 14.8 Å². The van der Waals surface area contributed by atoms with Gasteiger partial charge in [0.05, 0.1) is 17.1 Å². The van der Waals surface area contributed by atoms with Crippen LogP contribution in [0.4, 0.5) is 11.4 Å². The maximum Gasteiger partial charge on any atom is 0.270 e. The van der Waals surface area contributed by atoms with Crippen LogP contribution in [-0.4, -0.2) is 36.9 Å². The van der Waals surface area contributed by atoms with Gasteiger partial charge in [-0.05, 0) is 35.3 Å². The normalized spacial score (nSPS) is 25.1. The second kappa shape index (κ2) is 6.51. The van der Waals surface area contributed by atoms with Crippen LogP contribution in [0.15, 0.2) is 22.7 Å². The summed E-state index contributed by atoms with van der Waals surface area (Å²) in [5, 5.41) is 14.0. The lowest BCUT2D eigenvalue weighted by Gasteiger charge is -2.43. The van der Waals surface area contributed by atoms with Crippen molar-refractivity contribution >= 4 is 27.3 Å². The molecule has 0 amide bonds. The number of rotatable bonds is 6. The zero-order chi connectivity index (χ0) is 14.7. The first-order valence-corrected chi connectivity index (χ1v) is 7.21. The first-order chi connectivity index (χ1) is 9.56. The predicted molar refractivity (Wildman–Crippen MR) is 79.0 cm³/mol. The number of ether oxygens (including phenoxy) is 2. The number of benzene rings is 1. The van der Waals surface area contributed by atoms with Crippen LogP contribution in [0.2, 0.25) is 0 Å². The van der Waals surface area contributed by atoms with Crippen molar-refractivity contribution in [3.63, 3.8) is 0 Å². The molecule has 110 valence electrons. The predicted octanol–water partition coefficient (Wildman–Crippen LogP) is 2.96. The summed E-state index contributed by atoms with van der Waals surface area (Å²) in [6.07, 6.45) is 0.965. The molecule has 3 unspecified atom stereocenters. The number of nitro groups is 1. The molecule has 1 aliphatic carbocycles. The summed E-state index contributed by atoms with van der Waals surface area (Å²) in [5.74, 6) is 0. The van der Waals surface area contributed by atoms with E-state index in [9.17, 15) is 10.1 Å². The molecule has 0 heterocycles. The molecule has 2 rings (SSSR count). The Morgan fingerprint density at radius 3 is 2.85 bits per heavy atom. The van der Waals surface area contributed by atoms with E-state index in [4.69, 9.17) is 9.47 Å². The maximum absolute atomic E-state index is 10.7. The summed E-state index contributed by atoms with van der Waals surface area (Å²) in [6, 6.07) is 4.81. The van der Waals surface area contributed by atoms with Gasteiger partial charge in [0.25, 0.3) is 5.69 Å². The summed E-state index contributed by atoms with van der Waals surface area (Å²) in [4.78, 5) is 10.3. The zero-order valence-corrected chi connectivity index (χ0v) is 12.9. The van der Waals surface area contributed by atoms with Gasteiger partial charge in [0, 0.05) is 36.0 Å². The third-order valence-electron chi connectivity index (χ3n) is 3.41. The standard InChI is InChI=1S/C13H17BrN2O4/c1-3-20-12-7-11(13(12)19-2)15-10-5-4-8(16(17)18)6-9(10)14/h4-6,11-13,15H,3,7H2,1-2H3. The minimum Gasteiger partial charge on any atom is -0.379 e. The molecule has 1 fully saturated rings. The van der Waals surface area contributed by atoms with Crippen LogP contribution in [0.3, 0.4) is 0 Å². The molecule has 0 spiro atoms. The number of hydrogen-bond donors (Lipinski definition) is 1. The van der Waals surface area contributed by atoms with Crippen LogP contribution in [0.25, 0.3) is 0 Å². The summed E-state index contributed by atoms with van der Waals surface area (Å²) >= 11 is 3.35. The molecule has 6 nitrogen and oxygen atoms in total. The van der Waals surface area contributed by atoms with Gasteiger partial charge in [0.2, 0.25) is 0 Å². The highest BCUT2D eigenvalue weighted by molar-refractivity contribution is 9.10. The van der Waals surface area contributed by atoms with Gasteiger partial charge in [0.1, 0.15) is 6.10 Å². The van der Waals surface area contributed by atoms with E-state index >= 15 is 0 Å². The fraction of sp³-hybridized carbons (Fsp3) is 0.538. The van der Waals surface area contributed by atoms with E-state index in [0.717, 1.165) is 12.1 Å². The molecule has 0 aromatic heterocycles. The Kier molecular flexibility index (Phi) is 4.95. The number of hydrogen-bond acceptors (Lipinski definition) is 5. The van der Waals surface area contributed by atoms with Crippen LogP contribution in [-0.2, 0) is 9.47 Å². The van der Waals surface area contributed by atoms with E-state index in [1.807, 2.05) is 6.92 Å². The summed E-state index contributed by atoms with van der Waals surface area (Å²) in [7, 11) is 1.66. The van der Waals surface area contributed by atoms with Crippen LogP contribution in [0.5, 0.6) is 0 Å². The van der Waals surface area contributed by atoms with Crippen molar-refractivity contribution < 1.29 is 14.4 Å². The molecule has 1 aromatic carbocycles. The highest BCUT2D eigenvalue weighted by Crippen LogP contribution is 2.33. The summed E-state index contributed by atoms with van der Waals surface area (Å²) in [5.41, 5.74) is 0.879. The number of halogens is 1. The Bertz CT molecular complexity index is 497. The fourth-order valence-corrected chi connectivity index (χ4v) is 2.83. The van der Waals surface area contributed by atoms with E-state index in [1.54, 1.807) is 13.2 Å². The fourth-order valence-electron chi connectivity index (χ4n) is 2.35. The smallest absolute Gasteiger partial charge is 0.270 e. The highest BCUT2D eigenvalue weighted by atomic mass is 79.9. The van der Waals surface area contributed by atoms with E-state index < -0.39 is 4.92 Å². The van der Waals surface area contributed by atoms with Crippen molar-refractivity contribution in [2.45, 2.75) is 31.6 Å². The van der Waals surface area contributed by atoms with E-state index in [0.29, 0.717) is 11.1 Å². The minimum absolute atomic E-state index is 0.00274. The molecule has 1 N–H and O–H groups in total. The van der Waals surface area contributed by atoms with Gasteiger partial charge in [-0.1, -0.05) is 0 Å². The number of nitrogens with one attached hydrogen (secondary N) is 1. The molecule has 20 heavy (non-hydrogen) atoms. The van der Waals surface area contributed by atoms with E-state index in [2.05, 4.69) is 21.2 Å². The third kappa shape index (κ3) is 3.11. The number of non-ortho nitro benzene ring substituents is 1. The quantitative estimate of drug-likeness (QED) is 0.634. The van der Waals surface area contributed by atoms with Crippen molar-refractivity contribution in [3.8, 4) is 0 Å². The monoisotopic (exact) mass is 344 g/mol. The summed E-state index contributed by atoms with van der Waals surface area (Å²) in [6.45, 7) is 2.62. The van der Waals surface area contributed by atoms with Crippen molar-refractivity contribution in [1.29, 1.82) is 0 Å². The average Bonchev–Trinajstić information content (AvgIpc) is 2.39. The second-order valence-electron chi connectivity index (χ2n) is 4.60. The topological polar surface area (TPSA) is 73.6 Å². The molecule has 0 radical (unpaired) electrons. The molecule has 3 atom stereocenters. The SMILES string of the molecule is CCOC1CC(Nc2ccc([N+](=O)[O-])cc2Br)C1OC.